The molecule has 3 heteroatoms. The van der Waals surface area contributed by atoms with Crippen LogP contribution in [0.1, 0.15) is 69.0 Å². The third-order valence-corrected chi connectivity index (χ3v) is 7.80. The third-order valence-electron chi connectivity index (χ3n) is 7.80. The number of rotatable bonds is 2. The van der Waals surface area contributed by atoms with Gasteiger partial charge in [-0.15, -0.1) is 0 Å². The van der Waals surface area contributed by atoms with Crippen LogP contribution in [0, 0.1) is 11.8 Å². The lowest BCUT2D eigenvalue weighted by atomic mass is 9.73. The highest BCUT2D eigenvalue weighted by Gasteiger charge is 2.48. The van der Waals surface area contributed by atoms with Crippen molar-refractivity contribution in [2.45, 2.75) is 69.4 Å². The van der Waals surface area contributed by atoms with Gasteiger partial charge in [0.2, 0.25) is 5.91 Å². The zero-order chi connectivity index (χ0) is 17.0. The van der Waals surface area contributed by atoms with Gasteiger partial charge in [0.05, 0.1) is 6.04 Å². The van der Waals surface area contributed by atoms with Gasteiger partial charge in [-0.3, -0.25) is 4.79 Å². The van der Waals surface area contributed by atoms with Crippen LogP contribution in [0.25, 0.3) is 0 Å². The van der Waals surface area contributed by atoms with Crippen molar-refractivity contribution in [3.63, 3.8) is 0 Å². The molecule has 2 saturated carbocycles. The molecule has 4 atom stereocenters. The molecule has 5 rings (SSSR count). The van der Waals surface area contributed by atoms with E-state index >= 15 is 0 Å². The lowest BCUT2D eigenvalue weighted by Gasteiger charge is -2.44. The van der Waals surface area contributed by atoms with Crippen molar-refractivity contribution in [1.29, 1.82) is 0 Å². The monoisotopic (exact) mass is 338 g/mol. The SMILES string of the molecule is CC(=O)N[C@H]1CC2(CCN([C@H]3CC4CC[C@@H]3C4)CC2)c2ccccc21. The van der Waals surface area contributed by atoms with E-state index in [2.05, 4.69) is 34.5 Å². The number of fused-ring (bicyclic) bond motifs is 4. The normalized spacial score (nSPS) is 35.9. The first-order valence-corrected chi connectivity index (χ1v) is 10.3. The summed E-state index contributed by atoms with van der Waals surface area (Å²) >= 11 is 0. The highest BCUT2D eigenvalue weighted by molar-refractivity contribution is 5.73. The van der Waals surface area contributed by atoms with Crippen LogP contribution in [0.5, 0.6) is 0 Å². The van der Waals surface area contributed by atoms with Gasteiger partial charge in [-0.2, -0.15) is 0 Å². The van der Waals surface area contributed by atoms with E-state index in [1.54, 1.807) is 6.92 Å². The van der Waals surface area contributed by atoms with E-state index < -0.39 is 0 Å². The van der Waals surface area contributed by atoms with Crippen molar-refractivity contribution < 1.29 is 4.79 Å². The molecule has 3 aliphatic carbocycles. The molecular formula is C22H30N2O. The van der Waals surface area contributed by atoms with Crippen LogP contribution < -0.4 is 5.32 Å². The molecule has 1 aromatic carbocycles. The Balaban J connectivity index is 1.34. The Morgan fingerprint density at radius 2 is 1.96 bits per heavy atom. The molecular weight excluding hydrogens is 308 g/mol. The van der Waals surface area contributed by atoms with E-state index in [1.165, 1.54) is 62.7 Å². The maximum absolute atomic E-state index is 11.7. The van der Waals surface area contributed by atoms with Gasteiger partial charge in [-0.1, -0.05) is 30.7 Å². The predicted octanol–water partition coefficient (Wildman–Crippen LogP) is 3.79. The van der Waals surface area contributed by atoms with Gasteiger partial charge in [0.15, 0.2) is 0 Å². The topological polar surface area (TPSA) is 32.3 Å². The molecule has 3 fully saturated rings. The molecule has 1 saturated heterocycles. The first-order chi connectivity index (χ1) is 12.1. The Morgan fingerprint density at radius 1 is 1.16 bits per heavy atom. The van der Waals surface area contributed by atoms with Crippen molar-refractivity contribution in [3.8, 4) is 0 Å². The average molecular weight is 338 g/mol. The lowest BCUT2D eigenvalue weighted by molar-refractivity contribution is -0.119. The van der Waals surface area contributed by atoms with Gasteiger partial charge in [-0.25, -0.2) is 0 Å². The molecule has 0 radical (unpaired) electrons. The van der Waals surface area contributed by atoms with Crippen LogP contribution >= 0.6 is 0 Å². The molecule has 4 aliphatic rings. The summed E-state index contributed by atoms with van der Waals surface area (Å²) in [5.41, 5.74) is 3.17. The third kappa shape index (κ3) is 2.54. The number of amides is 1. The zero-order valence-electron chi connectivity index (χ0n) is 15.3. The van der Waals surface area contributed by atoms with E-state index in [9.17, 15) is 4.79 Å². The summed E-state index contributed by atoms with van der Waals surface area (Å²) in [4.78, 5) is 14.5. The van der Waals surface area contributed by atoms with Crippen molar-refractivity contribution in [1.82, 2.24) is 10.2 Å². The van der Waals surface area contributed by atoms with E-state index in [4.69, 9.17) is 0 Å². The number of hydrogen-bond acceptors (Lipinski definition) is 2. The van der Waals surface area contributed by atoms with Crippen molar-refractivity contribution in [3.05, 3.63) is 35.4 Å². The number of carbonyl (C=O) groups excluding carboxylic acids is 1. The zero-order valence-corrected chi connectivity index (χ0v) is 15.3. The number of carbonyl (C=O) groups is 1. The first-order valence-electron chi connectivity index (χ1n) is 10.3. The fourth-order valence-electron chi connectivity index (χ4n) is 6.68. The van der Waals surface area contributed by atoms with Crippen molar-refractivity contribution in [2.24, 2.45) is 11.8 Å². The molecule has 1 spiro atoms. The quantitative estimate of drug-likeness (QED) is 0.890. The number of piperidine rings is 1. The molecule has 1 amide bonds. The van der Waals surface area contributed by atoms with E-state index in [0.717, 1.165) is 24.3 Å². The second-order valence-electron chi connectivity index (χ2n) is 9.10. The maximum Gasteiger partial charge on any atom is 0.217 e. The summed E-state index contributed by atoms with van der Waals surface area (Å²) in [6.07, 6.45) is 9.54. The average Bonchev–Trinajstić information content (AvgIpc) is 3.31. The smallest absolute Gasteiger partial charge is 0.217 e. The lowest BCUT2D eigenvalue weighted by Crippen LogP contribution is -2.48. The minimum absolute atomic E-state index is 0.0938. The Labute approximate surface area is 151 Å². The minimum Gasteiger partial charge on any atom is -0.349 e. The Bertz CT molecular complexity index is 676. The van der Waals surface area contributed by atoms with Gasteiger partial charge < -0.3 is 10.2 Å². The first kappa shape index (κ1) is 15.9. The van der Waals surface area contributed by atoms with Gasteiger partial charge in [0.1, 0.15) is 0 Å². The second-order valence-corrected chi connectivity index (χ2v) is 9.10. The van der Waals surface area contributed by atoms with Crippen LogP contribution in [0.15, 0.2) is 24.3 Å². The Kier molecular flexibility index (Phi) is 3.70. The highest BCUT2D eigenvalue weighted by atomic mass is 16.1. The highest BCUT2D eigenvalue weighted by Crippen LogP contribution is 2.53. The van der Waals surface area contributed by atoms with E-state index in [0.29, 0.717) is 0 Å². The summed E-state index contributed by atoms with van der Waals surface area (Å²) in [5, 5.41) is 3.21. The molecule has 2 bridgehead atoms. The van der Waals surface area contributed by atoms with Crippen molar-refractivity contribution >= 4 is 5.91 Å². The fourth-order valence-corrected chi connectivity index (χ4v) is 6.68. The van der Waals surface area contributed by atoms with Gasteiger partial charge in [-0.05, 0) is 74.6 Å². The number of benzene rings is 1. The van der Waals surface area contributed by atoms with Crippen LogP contribution in [0.3, 0.4) is 0 Å². The summed E-state index contributed by atoms with van der Waals surface area (Å²) in [6.45, 7) is 4.13. The summed E-state index contributed by atoms with van der Waals surface area (Å²) in [6, 6.07) is 9.94. The molecule has 3 nitrogen and oxygen atoms in total. The molecule has 0 aromatic heterocycles. The van der Waals surface area contributed by atoms with Gasteiger partial charge in [0.25, 0.3) is 0 Å². The molecule has 1 unspecified atom stereocenters. The molecule has 1 aliphatic heterocycles. The van der Waals surface area contributed by atoms with E-state index in [-0.39, 0.29) is 17.4 Å². The standard InChI is InChI=1S/C22H30N2O/c1-15(25)23-20-14-22(19-5-3-2-4-18(19)20)8-10-24(11-9-22)21-13-16-6-7-17(21)12-16/h2-5,16-17,20-21H,6-14H2,1H3,(H,23,25)/t16?,17-,20+,21+/m1/s1. The summed E-state index contributed by atoms with van der Waals surface area (Å²) in [5.74, 6) is 2.11. The number of likely N-dealkylation sites (tertiary alicyclic amines) is 1. The molecule has 134 valence electrons. The number of nitrogens with zero attached hydrogens (tertiary/aromatic N) is 1. The van der Waals surface area contributed by atoms with Crippen LogP contribution in [0.4, 0.5) is 0 Å². The molecule has 1 N–H and O–H groups in total. The Morgan fingerprint density at radius 3 is 2.64 bits per heavy atom. The van der Waals surface area contributed by atoms with Crippen LogP contribution in [-0.2, 0) is 10.2 Å². The fraction of sp³-hybridized carbons (Fsp3) is 0.682. The van der Waals surface area contributed by atoms with E-state index in [1.807, 2.05) is 0 Å². The number of nitrogens with one attached hydrogen (secondary N) is 1. The van der Waals surface area contributed by atoms with Gasteiger partial charge >= 0.3 is 0 Å². The maximum atomic E-state index is 11.7. The molecule has 1 heterocycles. The van der Waals surface area contributed by atoms with Crippen LogP contribution in [0.2, 0.25) is 0 Å². The second kappa shape index (κ2) is 5.84. The number of hydrogen-bond donors (Lipinski definition) is 1. The molecule has 1 aromatic rings. The summed E-state index contributed by atoms with van der Waals surface area (Å²) < 4.78 is 0. The summed E-state index contributed by atoms with van der Waals surface area (Å²) in [7, 11) is 0. The van der Waals surface area contributed by atoms with Crippen LogP contribution in [-0.4, -0.2) is 29.9 Å². The molecule has 25 heavy (non-hydrogen) atoms. The van der Waals surface area contributed by atoms with Crippen molar-refractivity contribution in [2.75, 3.05) is 13.1 Å². The minimum atomic E-state index is 0.0938. The van der Waals surface area contributed by atoms with Gasteiger partial charge in [0, 0.05) is 18.4 Å². The largest absolute Gasteiger partial charge is 0.349 e. The Hall–Kier alpha value is -1.35. The predicted molar refractivity (Wildman–Crippen MR) is 99.3 cm³/mol.